The molecule has 0 aliphatic carbocycles. The van der Waals surface area contributed by atoms with Crippen LogP contribution in [0, 0.1) is 5.82 Å². The lowest BCUT2D eigenvalue weighted by Crippen LogP contribution is -2.21. The summed E-state index contributed by atoms with van der Waals surface area (Å²) in [4.78, 5) is 10.7. The first-order chi connectivity index (χ1) is 8.38. The average Bonchev–Trinajstić information content (AvgIpc) is 2.30. The molecule has 0 saturated heterocycles. The van der Waals surface area contributed by atoms with Crippen molar-refractivity contribution in [2.75, 3.05) is 6.61 Å². The highest BCUT2D eigenvalue weighted by Gasteiger charge is 2.23. The van der Waals surface area contributed by atoms with E-state index in [9.17, 15) is 19.4 Å². The lowest BCUT2D eigenvalue weighted by molar-refractivity contribution is 0.00235. The smallest absolute Gasteiger partial charge is 0.337 e. The largest absolute Gasteiger partial charge is 0.478 e. The van der Waals surface area contributed by atoms with Crippen molar-refractivity contribution in [1.29, 1.82) is 0 Å². The van der Waals surface area contributed by atoms with Gasteiger partial charge in [-0.2, -0.15) is 0 Å². The second-order valence-corrected chi connectivity index (χ2v) is 4.09. The molecule has 1 aromatic rings. The fourth-order valence-electron chi connectivity index (χ4n) is 1.45. The van der Waals surface area contributed by atoms with Crippen LogP contribution in [0.2, 0.25) is 5.02 Å². The summed E-state index contributed by atoms with van der Waals surface area (Å²) in [5.74, 6) is -2.38. The van der Waals surface area contributed by atoms with E-state index in [4.69, 9.17) is 21.8 Å². The van der Waals surface area contributed by atoms with Gasteiger partial charge in [0.05, 0.1) is 16.7 Å². The SMILES string of the molecule is O=C(O)c1cc(F)c(C(O)C(O)CCO)cc1Cl. The molecule has 1 rings (SSSR count). The highest BCUT2D eigenvalue weighted by Crippen LogP contribution is 2.27. The summed E-state index contributed by atoms with van der Waals surface area (Å²) in [5.41, 5.74) is -0.743. The van der Waals surface area contributed by atoms with Crippen LogP contribution in [0.4, 0.5) is 4.39 Å². The lowest BCUT2D eigenvalue weighted by Gasteiger charge is -2.18. The van der Waals surface area contributed by atoms with Gasteiger partial charge >= 0.3 is 5.97 Å². The first-order valence-corrected chi connectivity index (χ1v) is 5.45. The zero-order valence-corrected chi connectivity index (χ0v) is 9.93. The second kappa shape index (κ2) is 6.10. The van der Waals surface area contributed by atoms with Gasteiger partial charge in [0.25, 0.3) is 0 Å². The summed E-state index contributed by atoms with van der Waals surface area (Å²) < 4.78 is 13.6. The number of benzene rings is 1. The third kappa shape index (κ3) is 3.17. The van der Waals surface area contributed by atoms with Crippen LogP contribution in [-0.4, -0.2) is 39.1 Å². The topological polar surface area (TPSA) is 98.0 Å². The minimum absolute atomic E-state index is 0.140. The summed E-state index contributed by atoms with van der Waals surface area (Å²) in [5, 5.41) is 36.2. The minimum Gasteiger partial charge on any atom is -0.478 e. The normalized spacial score (nSPS) is 14.3. The number of carboxylic acid groups (broad SMARTS) is 1. The van der Waals surface area contributed by atoms with Crippen molar-refractivity contribution in [3.8, 4) is 0 Å². The van der Waals surface area contributed by atoms with Gasteiger partial charge in [-0.05, 0) is 18.6 Å². The van der Waals surface area contributed by atoms with Crippen molar-refractivity contribution >= 4 is 17.6 Å². The van der Waals surface area contributed by atoms with E-state index in [1.807, 2.05) is 0 Å². The van der Waals surface area contributed by atoms with Crippen molar-refractivity contribution in [1.82, 2.24) is 0 Å². The van der Waals surface area contributed by atoms with Gasteiger partial charge in [-0.25, -0.2) is 9.18 Å². The molecule has 7 heteroatoms. The van der Waals surface area contributed by atoms with Gasteiger partial charge in [-0.1, -0.05) is 11.6 Å². The van der Waals surface area contributed by atoms with Crippen LogP contribution in [0.1, 0.15) is 28.4 Å². The first-order valence-electron chi connectivity index (χ1n) is 5.07. The third-order valence-corrected chi connectivity index (χ3v) is 2.74. The fraction of sp³-hybridized carbons (Fsp3) is 0.364. The molecule has 100 valence electrons. The summed E-state index contributed by atoms with van der Waals surface area (Å²) >= 11 is 5.63. The molecule has 5 nitrogen and oxygen atoms in total. The molecule has 2 unspecified atom stereocenters. The van der Waals surface area contributed by atoms with Gasteiger partial charge < -0.3 is 20.4 Å². The first kappa shape index (κ1) is 14.8. The Balaban J connectivity index is 3.11. The molecule has 1 aromatic carbocycles. The Morgan fingerprint density at radius 1 is 1.39 bits per heavy atom. The number of halogens is 2. The van der Waals surface area contributed by atoms with E-state index in [1.165, 1.54) is 0 Å². The zero-order chi connectivity index (χ0) is 13.9. The number of aliphatic hydroxyl groups excluding tert-OH is 3. The Labute approximate surface area is 107 Å². The number of hydrogen-bond donors (Lipinski definition) is 4. The van der Waals surface area contributed by atoms with Crippen LogP contribution in [0.25, 0.3) is 0 Å². The van der Waals surface area contributed by atoms with Gasteiger partial charge in [-0.3, -0.25) is 0 Å². The second-order valence-electron chi connectivity index (χ2n) is 3.68. The molecule has 0 bridgehead atoms. The maximum absolute atomic E-state index is 13.6. The predicted molar refractivity (Wildman–Crippen MR) is 61.0 cm³/mol. The molecule has 0 heterocycles. The van der Waals surface area contributed by atoms with Gasteiger partial charge in [-0.15, -0.1) is 0 Å². The molecule has 18 heavy (non-hydrogen) atoms. The number of rotatable bonds is 5. The quantitative estimate of drug-likeness (QED) is 0.643. The molecule has 0 amide bonds. The van der Waals surface area contributed by atoms with Gasteiger partial charge in [0.2, 0.25) is 0 Å². The molecule has 2 atom stereocenters. The Morgan fingerprint density at radius 3 is 2.50 bits per heavy atom. The Kier molecular flexibility index (Phi) is 5.03. The van der Waals surface area contributed by atoms with Crippen LogP contribution in [0.3, 0.4) is 0 Å². The number of aromatic carboxylic acids is 1. The molecule has 0 aliphatic rings. The molecule has 0 radical (unpaired) electrons. The third-order valence-electron chi connectivity index (χ3n) is 2.42. The lowest BCUT2D eigenvalue weighted by atomic mass is 10.00. The fourth-order valence-corrected chi connectivity index (χ4v) is 1.70. The summed E-state index contributed by atoms with van der Waals surface area (Å²) in [6.07, 6.45) is -3.09. The van der Waals surface area contributed by atoms with Crippen molar-refractivity contribution in [3.63, 3.8) is 0 Å². The van der Waals surface area contributed by atoms with Crippen molar-refractivity contribution in [2.24, 2.45) is 0 Å². The molecule has 0 saturated carbocycles. The van der Waals surface area contributed by atoms with Crippen LogP contribution in [-0.2, 0) is 0 Å². The molecule has 0 aliphatic heterocycles. The summed E-state index contributed by atoms with van der Waals surface area (Å²) in [6.45, 7) is -0.374. The Morgan fingerprint density at radius 2 is 2.00 bits per heavy atom. The molecular formula is C11H12ClFO5. The molecule has 0 fully saturated rings. The summed E-state index contributed by atoms with van der Waals surface area (Å²) in [6, 6.07) is 1.63. The zero-order valence-electron chi connectivity index (χ0n) is 9.18. The van der Waals surface area contributed by atoms with E-state index in [1.54, 1.807) is 0 Å². The maximum Gasteiger partial charge on any atom is 0.337 e. The highest BCUT2D eigenvalue weighted by molar-refractivity contribution is 6.33. The van der Waals surface area contributed by atoms with E-state index < -0.39 is 29.6 Å². The van der Waals surface area contributed by atoms with Gasteiger partial charge in [0.15, 0.2) is 0 Å². The van der Waals surface area contributed by atoms with Crippen molar-refractivity contribution in [2.45, 2.75) is 18.6 Å². The van der Waals surface area contributed by atoms with Crippen LogP contribution in [0.5, 0.6) is 0 Å². The maximum atomic E-state index is 13.6. The molecule has 0 spiro atoms. The Bertz CT molecular complexity index is 451. The summed E-state index contributed by atoms with van der Waals surface area (Å²) in [7, 11) is 0. The highest BCUT2D eigenvalue weighted by atomic mass is 35.5. The number of carboxylic acids is 1. The standard InChI is InChI=1S/C11H12ClFO5/c12-7-3-6(10(16)9(15)1-2-14)8(13)4-5(7)11(17)18/h3-4,9-10,14-16H,1-2H2,(H,17,18). The van der Waals surface area contributed by atoms with Crippen molar-refractivity contribution in [3.05, 3.63) is 34.1 Å². The van der Waals surface area contributed by atoms with Gasteiger partial charge in [0, 0.05) is 12.2 Å². The van der Waals surface area contributed by atoms with E-state index in [0.717, 1.165) is 6.07 Å². The minimum atomic E-state index is -1.59. The van der Waals surface area contributed by atoms with Crippen molar-refractivity contribution < 1.29 is 29.6 Å². The van der Waals surface area contributed by atoms with E-state index in [2.05, 4.69) is 0 Å². The van der Waals surface area contributed by atoms with Gasteiger partial charge in [0.1, 0.15) is 11.9 Å². The molecular weight excluding hydrogens is 267 g/mol. The Hall–Kier alpha value is -1.21. The average molecular weight is 279 g/mol. The molecule has 4 N–H and O–H groups in total. The molecule has 0 aromatic heterocycles. The van der Waals surface area contributed by atoms with E-state index >= 15 is 0 Å². The predicted octanol–water partition coefficient (Wildman–Crippen LogP) is 0.954. The monoisotopic (exact) mass is 278 g/mol. The van der Waals surface area contributed by atoms with E-state index in [0.29, 0.717) is 6.07 Å². The van der Waals surface area contributed by atoms with E-state index in [-0.39, 0.29) is 23.6 Å². The number of hydrogen-bond acceptors (Lipinski definition) is 4. The van der Waals surface area contributed by atoms with Crippen LogP contribution >= 0.6 is 11.6 Å². The number of aliphatic hydroxyl groups is 3. The van der Waals surface area contributed by atoms with Crippen LogP contribution < -0.4 is 0 Å². The van der Waals surface area contributed by atoms with Crippen LogP contribution in [0.15, 0.2) is 12.1 Å². The number of carbonyl (C=O) groups is 1.